The largest absolute Gasteiger partial charge is 0.810 e. The lowest BCUT2D eigenvalue weighted by Gasteiger charge is -2.49. The number of carbonyl (C=O) groups excluding carboxylic acids is 1. The maximum atomic E-state index is 11.7. The molecule has 0 saturated heterocycles. The van der Waals surface area contributed by atoms with Crippen LogP contribution in [0.3, 0.4) is 0 Å². The molecule has 0 bridgehead atoms. The van der Waals surface area contributed by atoms with Gasteiger partial charge in [0.15, 0.2) is 0 Å². The van der Waals surface area contributed by atoms with Crippen molar-refractivity contribution >= 4 is 21.1 Å². The average Bonchev–Trinajstić information content (AvgIpc) is 2.66. The number of carbonyl (C=O) groups is 1. The first kappa shape index (κ1) is 30.5. The Morgan fingerprint density at radius 3 is 1.71 bits per heavy atom. The van der Waals surface area contributed by atoms with E-state index in [-0.39, 0.29) is 18.9 Å². The highest BCUT2D eigenvalue weighted by molar-refractivity contribution is 7.68. The van der Waals surface area contributed by atoms with Crippen LogP contribution in [0, 0.1) is 0 Å². The molecule has 0 aliphatic carbocycles. The fourth-order valence-corrected chi connectivity index (χ4v) is 5.55. The van der Waals surface area contributed by atoms with Crippen molar-refractivity contribution in [1.29, 1.82) is 0 Å². The molecule has 1 N–H and O–H groups in total. The van der Waals surface area contributed by atoms with Crippen molar-refractivity contribution in [1.82, 2.24) is 5.32 Å². The molecule has 0 aromatic carbocycles. The monoisotopic (exact) mass is 479 g/mol. The summed E-state index contributed by atoms with van der Waals surface area (Å²) >= 11 is 0. The molecular weight excluding hydrogens is 440 g/mol. The van der Waals surface area contributed by atoms with Gasteiger partial charge in [0.25, 0.3) is 0 Å². The zero-order valence-electron chi connectivity index (χ0n) is 18.8. The first-order valence-electron chi connectivity index (χ1n) is 11.5. The van der Waals surface area contributed by atoms with Gasteiger partial charge in [-0.2, -0.15) is 0 Å². The van der Waals surface area contributed by atoms with E-state index in [2.05, 4.69) is 24.4 Å². The lowest BCUT2D eigenvalue weighted by molar-refractivity contribution is -0.330. The van der Waals surface area contributed by atoms with Gasteiger partial charge in [0.2, 0.25) is 5.91 Å². The van der Waals surface area contributed by atoms with Crippen LogP contribution in [0.2, 0.25) is 0 Å². The Bertz CT molecular complexity index is 564. The number of allylic oxidation sites excluding steroid dienone is 2. The van der Waals surface area contributed by atoms with Crippen molar-refractivity contribution in [2.45, 2.75) is 109 Å². The molecule has 184 valence electrons. The van der Waals surface area contributed by atoms with Crippen LogP contribution < -0.4 is 24.9 Å². The molecule has 0 atom stereocenters. The Balaban J connectivity index is 3.61. The molecule has 10 heteroatoms. The fraction of sp³-hybridized carbons (Fsp3) is 0.857. The zero-order chi connectivity index (χ0) is 23.6. The molecular formula is C21H39NO7P2-4. The van der Waals surface area contributed by atoms with Crippen LogP contribution in [-0.4, -0.2) is 17.9 Å². The Kier molecular flexibility index (Phi) is 17.7. The molecule has 0 fully saturated rings. The number of hydrogen-bond acceptors (Lipinski definition) is 7. The van der Waals surface area contributed by atoms with E-state index in [9.17, 15) is 33.5 Å². The van der Waals surface area contributed by atoms with Crippen LogP contribution in [0.15, 0.2) is 12.2 Å². The third-order valence-electron chi connectivity index (χ3n) is 5.12. The van der Waals surface area contributed by atoms with Crippen molar-refractivity contribution in [3.8, 4) is 0 Å². The number of hydrogen-bond donors (Lipinski definition) is 1. The molecule has 0 aliphatic rings. The number of nitrogens with one attached hydrogen (secondary N) is 1. The van der Waals surface area contributed by atoms with Gasteiger partial charge < -0.3 is 34.0 Å². The van der Waals surface area contributed by atoms with Crippen molar-refractivity contribution < 1.29 is 33.5 Å². The highest BCUT2D eigenvalue weighted by Gasteiger charge is 2.17. The van der Waals surface area contributed by atoms with Gasteiger partial charge in [0, 0.05) is 18.4 Å². The molecule has 0 unspecified atom stereocenters. The van der Waals surface area contributed by atoms with Crippen molar-refractivity contribution in [3.05, 3.63) is 12.2 Å². The Morgan fingerprint density at radius 1 is 0.774 bits per heavy atom. The summed E-state index contributed by atoms with van der Waals surface area (Å²) in [4.78, 5) is 55.1. The molecule has 0 aliphatic heterocycles. The van der Waals surface area contributed by atoms with Crippen LogP contribution in [0.25, 0.3) is 0 Å². The molecule has 31 heavy (non-hydrogen) atoms. The predicted octanol–water partition coefficient (Wildman–Crippen LogP) is 2.68. The first-order valence-corrected chi connectivity index (χ1v) is 14.8. The number of amides is 1. The van der Waals surface area contributed by atoms with Gasteiger partial charge >= 0.3 is 0 Å². The van der Waals surface area contributed by atoms with E-state index in [0.29, 0.717) is 6.42 Å². The molecule has 1 amide bonds. The van der Waals surface area contributed by atoms with Crippen molar-refractivity contribution in [2.24, 2.45) is 0 Å². The minimum atomic E-state index is -5.56. The van der Waals surface area contributed by atoms with Crippen LogP contribution in [0.5, 0.6) is 0 Å². The number of rotatable bonds is 20. The highest BCUT2D eigenvalue weighted by atomic mass is 31.2. The standard InChI is InChI=1S/C21H43NO7P2/c1-2-3-4-5-6-7-8-9-10-11-12-13-14-15-16-17-20(23)22-19-18-21(30(24,25)26)31(27,28)29/h9-10,21H,2-8,11-19H2,1H3,(H,22,23)(H2,24,25,26)(H2,27,28,29)/p-4/b10-9-. The Morgan fingerprint density at radius 2 is 1.23 bits per heavy atom. The lowest BCUT2D eigenvalue weighted by atomic mass is 10.1. The summed E-state index contributed by atoms with van der Waals surface area (Å²) in [7, 11) is -11.1. The molecule has 0 aromatic heterocycles. The van der Waals surface area contributed by atoms with Gasteiger partial charge in [0.05, 0.1) is 0 Å². The summed E-state index contributed by atoms with van der Waals surface area (Å²) in [5.74, 6) is -0.352. The fourth-order valence-electron chi connectivity index (χ4n) is 3.27. The van der Waals surface area contributed by atoms with Crippen molar-refractivity contribution in [3.63, 3.8) is 0 Å². The van der Waals surface area contributed by atoms with E-state index in [4.69, 9.17) is 0 Å². The summed E-state index contributed by atoms with van der Waals surface area (Å²) in [6.07, 6.45) is 19.0. The van der Waals surface area contributed by atoms with Crippen molar-refractivity contribution in [2.75, 3.05) is 6.54 Å². The quantitative estimate of drug-likeness (QED) is 0.160. The summed E-state index contributed by atoms with van der Waals surface area (Å²) in [5, 5.41) is -0.153. The van der Waals surface area contributed by atoms with Gasteiger partial charge in [-0.05, 0) is 38.5 Å². The summed E-state index contributed by atoms with van der Waals surface area (Å²) in [5.41, 5.74) is 0. The van der Waals surface area contributed by atoms with E-state index >= 15 is 0 Å². The molecule has 0 radical (unpaired) electrons. The number of unbranched alkanes of at least 4 members (excludes halogenated alkanes) is 11. The summed E-state index contributed by atoms with van der Waals surface area (Å²) < 4.78 is 21.7. The minimum Gasteiger partial charge on any atom is -0.810 e. The molecule has 0 saturated carbocycles. The summed E-state index contributed by atoms with van der Waals surface area (Å²) in [6, 6.07) is 0. The topological polar surface area (TPSA) is 155 Å². The van der Waals surface area contributed by atoms with E-state index in [1.54, 1.807) is 0 Å². The average molecular weight is 479 g/mol. The van der Waals surface area contributed by atoms with Crippen LogP contribution in [-0.2, 0) is 13.9 Å². The summed E-state index contributed by atoms with van der Waals surface area (Å²) in [6.45, 7) is 1.89. The normalized spacial score (nSPS) is 12.7. The zero-order valence-corrected chi connectivity index (χ0v) is 20.6. The first-order chi connectivity index (χ1) is 14.6. The van der Waals surface area contributed by atoms with Gasteiger partial charge in [-0.3, -0.25) is 4.79 Å². The third-order valence-corrected chi connectivity index (χ3v) is 8.79. The van der Waals surface area contributed by atoms with E-state index in [1.807, 2.05) is 0 Å². The second kappa shape index (κ2) is 18.0. The second-order valence-corrected chi connectivity index (χ2v) is 11.8. The molecule has 0 rings (SSSR count). The SMILES string of the molecule is CCCCCCCC/C=C\CCCCCCCC(=O)NCCC(P(=O)([O-])[O-])P(=O)([O-])[O-]. The van der Waals surface area contributed by atoms with E-state index < -0.39 is 27.0 Å². The molecule has 0 aromatic rings. The molecule has 0 spiro atoms. The Labute approximate surface area is 187 Å². The molecule has 0 heterocycles. The smallest absolute Gasteiger partial charge is 0.219 e. The van der Waals surface area contributed by atoms with Gasteiger partial charge in [0.1, 0.15) is 0 Å². The van der Waals surface area contributed by atoms with Crippen LogP contribution >= 0.6 is 15.2 Å². The lowest BCUT2D eigenvalue weighted by Crippen LogP contribution is -2.36. The third kappa shape index (κ3) is 18.8. The van der Waals surface area contributed by atoms with Crippen LogP contribution in [0.4, 0.5) is 0 Å². The van der Waals surface area contributed by atoms with E-state index in [0.717, 1.165) is 38.5 Å². The van der Waals surface area contributed by atoms with Gasteiger partial charge in [-0.25, -0.2) is 0 Å². The maximum absolute atomic E-state index is 11.7. The van der Waals surface area contributed by atoms with Crippen LogP contribution in [0.1, 0.15) is 103 Å². The van der Waals surface area contributed by atoms with E-state index in [1.165, 1.54) is 38.5 Å². The molecule has 8 nitrogen and oxygen atoms in total. The second-order valence-electron chi connectivity index (χ2n) is 8.03. The van der Waals surface area contributed by atoms with Gasteiger partial charge in [-0.15, -0.1) is 0 Å². The minimum absolute atomic E-state index is 0.238. The predicted molar refractivity (Wildman–Crippen MR) is 116 cm³/mol. The highest BCUT2D eigenvalue weighted by Crippen LogP contribution is 2.51. The Hall–Kier alpha value is -0.490. The maximum Gasteiger partial charge on any atom is 0.219 e. The van der Waals surface area contributed by atoms with Gasteiger partial charge in [-0.1, -0.05) is 85.6 Å².